The van der Waals surface area contributed by atoms with E-state index in [4.69, 9.17) is 9.47 Å². The lowest BCUT2D eigenvalue weighted by molar-refractivity contribution is -0.142. The Morgan fingerprint density at radius 3 is 2.23 bits per heavy atom. The van der Waals surface area contributed by atoms with Gasteiger partial charge in [0.15, 0.2) is 6.61 Å². The van der Waals surface area contributed by atoms with E-state index in [0.717, 1.165) is 11.3 Å². The molecule has 0 atom stereocenters. The fourth-order valence-corrected chi connectivity index (χ4v) is 3.17. The number of likely N-dealkylation sites (N-methyl/N-ethyl adjacent to an activating group) is 1. The minimum atomic E-state index is -0.563. The van der Waals surface area contributed by atoms with Gasteiger partial charge in [-0.05, 0) is 48.4 Å². The van der Waals surface area contributed by atoms with Gasteiger partial charge >= 0.3 is 5.97 Å². The first-order chi connectivity index (χ1) is 15.1. The monoisotopic (exact) mass is 415 g/mol. The van der Waals surface area contributed by atoms with Crippen molar-refractivity contribution in [2.75, 3.05) is 25.2 Å². The van der Waals surface area contributed by atoms with Crippen LogP contribution in [0.15, 0.2) is 84.9 Å². The van der Waals surface area contributed by atoms with E-state index in [2.05, 4.69) is 0 Å². The number of esters is 1. The molecule has 0 unspecified atom stereocenters. The molecule has 0 aliphatic rings. The number of amides is 1. The SMILES string of the molecule is CCN(C(=O)COC(=O)C(=Cc1cccc(OC)c1)c1ccccc1)c1ccccc1. The second kappa shape index (κ2) is 10.8. The van der Waals surface area contributed by atoms with Gasteiger partial charge in [0.2, 0.25) is 0 Å². The third kappa shape index (κ3) is 5.82. The summed E-state index contributed by atoms with van der Waals surface area (Å²) in [5.74, 6) is -0.159. The van der Waals surface area contributed by atoms with Crippen LogP contribution in [0.3, 0.4) is 0 Å². The van der Waals surface area contributed by atoms with Gasteiger partial charge in [-0.1, -0.05) is 60.7 Å². The number of carbonyl (C=O) groups excluding carboxylic acids is 2. The standard InChI is InChI=1S/C26H25NO4/c1-3-27(22-14-8-5-9-15-22)25(28)19-31-26(29)24(21-12-6-4-7-13-21)18-20-11-10-16-23(17-20)30-2/h4-18H,3,19H2,1-2H3. The molecule has 0 aromatic heterocycles. The molecule has 0 radical (unpaired) electrons. The number of anilines is 1. The highest BCUT2D eigenvalue weighted by Crippen LogP contribution is 2.22. The van der Waals surface area contributed by atoms with Crippen LogP contribution in [0.25, 0.3) is 11.6 Å². The Bertz CT molecular complexity index is 1050. The first-order valence-electron chi connectivity index (χ1n) is 10.1. The van der Waals surface area contributed by atoms with Gasteiger partial charge in [0, 0.05) is 12.2 Å². The molecule has 0 N–H and O–H groups in total. The van der Waals surface area contributed by atoms with Crippen LogP contribution in [-0.4, -0.2) is 32.1 Å². The average Bonchev–Trinajstić information content (AvgIpc) is 2.83. The molecule has 0 heterocycles. The van der Waals surface area contributed by atoms with Crippen molar-refractivity contribution in [3.05, 3.63) is 96.1 Å². The molecule has 0 fully saturated rings. The van der Waals surface area contributed by atoms with Crippen LogP contribution in [0.4, 0.5) is 5.69 Å². The van der Waals surface area contributed by atoms with Gasteiger partial charge < -0.3 is 14.4 Å². The van der Waals surface area contributed by atoms with Gasteiger partial charge in [-0.15, -0.1) is 0 Å². The van der Waals surface area contributed by atoms with Gasteiger partial charge in [-0.2, -0.15) is 0 Å². The molecule has 0 saturated carbocycles. The zero-order chi connectivity index (χ0) is 22.1. The summed E-state index contributed by atoms with van der Waals surface area (Å²) in [4.78, 5) is 27.2. The normalized spacial score (nSPS) is 11.0. The summed E-state index contributed by atoms with van der Waals surface area (Å²) in [6, 6.07) is 25.9. The second-order valence-corrected chi connectivity index (χ2v) is 6.75. The number of ether oxygens (including phenoxy) is 2. The Hall–Kier alpha value is -3.86. The maximum Gasteiger partial charge on any atom is 0.339 e. The Labute approximate surface area is 182 Å². The van der Waals surface area contributed by atoms with E-state index in [1.54, 1.807) is 18.1 Å². The highest BCUT2D eigenvalue weighted by atomic mass is 16.5. The Balaban J connectivity index is 1.80. The number of benzene rings is 3. The number of hydrogen-bond donors (Lipinski definition) is 0. The van der Waals surface area contributed by atoms with Gasteiger partial charge in [-0.3, -0.25) is 4.79 Å². The van der Waals surface area contributed by atoms with Crippen molar-refractivity contribution in [2.45, 2.75) is 6.92 Å². The number of hydrogen-bond acceptors (Lipinski definition) is 4. The van der Waals surface area contributed by atoms with Gasteiger partial charge in [-0.25, -0.2) is 4.79 Å². The third-order valence-corrected chi connectivity index (χ3v) is 4.72. The summed E-state index contributed by atoms with van der Waals surface area (Å²) in [6.07, 6.45) is 1.74. The Morgan fingerprint density at radius 1 is 0.903 bits per heavy atom. The predicted molar refractivity (Wildman–Crippen MR) is 123 cm³/mol. The minimum Gasteiger partial charge on any atom is -0.497 e. The fraction of sp³-hybridized carbons (Fsp3) is 0.154. The Kier molecular flexibility index (Phi) is 7.60. The number of nitrogens with zero attached hydrogens (tertiary/aromatic N) is 1. The van der Waals surface area contributed by atoms with Crippen LogP contribution in [0.5, 0.6) is 5.75 Å². The summed E-state index contributed by atoms with van der Waals surface area (Å²) in [5.41, 5.74) is 2.63. The zero-order valence-corrected chi connectivity index (χ0v) is 17.7. The number of methoxy groups -OCH3 is 1. The molecule has 31 heavy (non-hydrogen) atoms. The predicted octanol–water partition coefficient (Wildman–Crippen LogP) is 4.83. The number of carbonyl (C=O) groups is 2. The van der Waals surface area contributed by atoms with Crippen molar-refractivity contribution in [3.8, 4) is 5.75 Å². The van der Waals surface area contributed by atoms with Crippen LogP contribution in [0.1, 0.15) is 18.1 Å². The molecular weight excluding hydrogens is 390 g/mol. The quantitative estimate of drug-likeness (QED) is 0.300. The van der Waals surface area contributed by atoms with Gasteiger partial charge in [0.25, 0.3) is 5.91 Å². The molecular formula is C26H25NO4. The molecule has 1 amide bonds. The average molecular weight is 415 g/mol. The first-order valence-corrected chi connectivity index (χ1v) is 10.1. The van der Waals surface area contributed by atoms with E-state index in [1.807, 2.05) is 91.9 Å². The van der Waals surface area contributed by atoms with Gasteiger partial charge in [0.1, 0.15) is 5.75 Å². The van der Waals surface area contributed by atoms with Crippen molar-refractivity contribution in [2.24, 2.45) is 0 Å². The van der Waals surface area contributed by atoms with Crippen LogP contribution in [-0.2, 0) is 14.3 Å². The van der Waals surface area contributed by atoms with Crippen molar-refractivity contribution >= 4 is 29.2 Å². The number of rotatable bonds is 8. The van der Waals surface area contributed by atoms with E-state index in [-0.39, 0.29) is 12.5 Å². The molecule has 158 valence electrons. The maximum absolute atomic E-state index is 13.0. The molecule has 3 aromatic carbocycles. The van der Waals surface area contributed by atoms with E-state index in [0.29, 0.717) is 23.4 Å². The molecule has 0 aliphatic heterocycles. The van der Waals surface area contributed by atoms with E-state index in [1.165, 1.54) is 0 Å². The third-order valence-electron chi connectivity index (χ3n) is 4.72. The summed E-state index contributed by atoms with van der Waals surface area (Å²) >= 11 is 0. The summed E-state index contributed by atoms with van der Waals surface area (Å²) in [5, 5.41) is 0. The van der Waals surface area contributed by atoms with Crippen molar-refractivity contribution in [1.29, 1.82) is 0 Å². The zero-order valence-electron chi connectivity index (χ0n) is 17.7. The van der Waals surface area contributed by atoms with Crippen molar-refractivity contribution in [3.63, 3.8) is 0 Å². The summed E-state index contributed by atoms with van der Waals surface area (Å²) in [7, 11) is 1.59. The fourth-order valence-electron chi connectivity index (χ4n) is 3.17. The molecule has 5 heteroatoms. The highest BCUT2D eigenvalue weighted by Gasteiger charge is 2.19. The molecule has 0 spiro atoms. The van der Waals surface area contributed by atoms with Gasteiger partial charge in [0.05, 0.1) is 12.7 Å². The topological polar surface area (TPSA) is 55.8 Å². The largest absolute Gasteiger partial charge is 0.497 e. The van der Waals surface area contributed by atoms with Crippen LogP contribution in [0.2, 0.25) is 0 Å². The van der Waals surface area contributed by atoms with Crippen LogP contribution in [0, 0.1) is 0 Å². The maximum atomic E-state index is 13.0. The number of para-hydroxylation sites is 1. The Morgan fingerprint density at radius 2 is 1.58 bits per heavy atom. The molecule has 0 aliphatic carbocycles. The van der Waals surface area contributed by atoms with Crippen LogP contribution >= 0.6 is 0 Å². The molecule has 3 rings (SSSR count). The van der Waals surface area contributed by atoms with E-state index < -0.39 is 5.97 Å². The minimum absolute atomic E-state index is 0.282. The molecule has 0 bridgehead atoms. The van der Waals surface area contributed by atoms with Crippen molar-refractivity contribution in [1.82, 2.24) is 0 Å². The smallest absolute Gasteiger partial charge is 0.339 e. The van der Waals surface area contributed by atoms with Crippen LogP contribution < -0.4 is 9.64 Å². The van der Waals surface area contributed by atoms with Crippen molar-refractivity contribution < 1.29 is 19.1 Å². The second-order valence-electron chi connectivity index (χ2n) is 6.75. The highest BCUT2D eigenvalue weighted by molar-refractivity contribution is 6.22. The summed E-state index contributed by atoms with van der Waals surface area (Å²) in [6.45, 7) is 2.01. The lowest BCUT2D eigenvalue weighted by Gasteiger charge is -2.21. The lowest BCUT2D eigenvalue weighted by Crippen LogP contribution is -2.34. The first kappa shape index (κ1) is 21.8. The molecule has 3 aromatic rings. The molecule has 0 saturated heterocycles. The lowest BCUT2D eigenvalue weighted by atomic mass is 10.0. The summed E-state index contributed by atoms with van der Waals surface area (Å²) < 4.78 is 10.7. The van der Waals surface area contributed by atoms with E-state index >= 15 is 0 Å². The molecule has 5 nitrogen and oxygen atoms in total. The van der Waals surface area contributed by atoms with E-state index in [9.17, 15) is 9.59 Å².